The van der Waals surface area contributed by atoms with Gasteiger partial charge >= 0.3 is 0 Å². The number of nitrogens with zero attached hydrogens (tertiary/aromatic N) is 3. The van der Waals surface area contributed by atoms with Crippen molar-refractivity contribution >= 4 is 40.1 Å². The standard InChI is InChI=1S/C26H24N4OS/c1-18-6-9-20(17-23(18)25-22-5-4-13-27-24(22)12-14-28-25)29-26(31)19-7-10-21(11-8-19)30-15-2-3-16-32-30/h4-14,17H,2-3,15-16H2,1H3,(H,29,31). The van der Waals surface area contributed by atoms with Gasteiger partial charge in [-0.2, -0.15) is 0 Å². The Morgan fingerprint density at radius 1 is 1.00 bits per heavy atom. The summed E-state index contributed by atoms with van der Waals surface area (Å²) in [5, 5.41) is 4.03. The van der Waals surface area contributed by atoms with Gasteiger partial charge in [-0.05, 0) is 91.9 Å². The average Bonchev–Trinajstić information content (AvgIpc) is 2.85. The van der Waals surface area contributed by atoms with Crippen molar-refractivity contribution in [3.8, 4) is 11.3 Å². The molecule has 0 radical (unpaired) electrons. The molecule has 0 aliphatic carbocycles. The maximum Gasteiger partial charge on any atom is 0.255 e. The molecule has 0 saturated carbocycles. The Hall–Kier alpha value is -3.38. The first-order valence-electron chi connectivity index (χ1n) is 10.8. The van der Waals surface area contributed by atoms with Crippen LogP contribution >= 0.6 is 11.9 Å². The van der Waals surface area contributed by atoms with E-state index in [2.05, 4.69) is 26.5 Å². The van der Waals surface area contributed by atoms with Crippen molar-refractivity contribution in [2.24, 2.45) is 0 Å². The van der Waals surface area contributed by atoms with E-state index in [-0.39, 0.29) is 5.91 Å². The van der Waals surface area contributed by atoms with Gasteiger partial charge in [-0.3, -0.25) is 14.8 Å². The highest BCUT2D eigenvalue weighted by Crippen LogP contribution is 2.31. The van der Waals surface area contributed by atoms with Gasteiger partial charge in [-0.15, -0.1) is 0 Å². The topological polar surface area (TPSA) is 58.1 Å². The Bertz CT molecular complexity index is 1260. The number of hydrogen-bond acceptors (Lipinski definition) is 5. The average molecular weight is 441 g/mol. The first kappa shape index (κ1) is 20.5. The van der Waals surface area contributed by atoms with E-state index in [4.69, 9.17) is 0 Å². The van der Waals surface area contributed by atoms with Gasteiger partial charge in [0.2, 0.25) is 0 Å². The van der Waals surface area contributed by atoms with Crippen molar-refractivity contribution in [1.82, 2.24) is 9.97 Å². The second kappa shape index (κ2) is 9.01. The summed E-state index contributed by atoms with van der Waals surface area (Å²) in [7, 11) is 0. The molecule has 1 amide bonds. The quantitative estimate of drug-likeness (QED) is 0.388. The Kier molecular flexibility index (Phi) is 5.77. The van der Waals surface area contributed by atoms with E-state index in [9.17, 15) is 4.79 Å². The van der Waals surface area contributed by atoms with E-state index in [1.807, 2.05) is 72.6 Å². The fraction of sp³-hybridized carbons (Fsp3) is 0.192. The highest BCUT2D eigenvalue weighted by atomic mass is 32.2. The third-order valence-corrected chi connectivity index (χ3v) is 6.88. The van der Waals surface area contributed by atoms with Crippen molar-refractivity contribution in [1.29, 1.82) is 0 Å². The van der Waals surface area contributed by atoms with Crippen LogP contribution in [0.2, 0.25) is 0 Å². The van der Waals surface area contributed by atoms with E-state index in [1.54, 1.807) is 12.4 Å². The molecular weight excluding hydrogens is 416 g/mol. The number of anilines is 2. The molecule has 160 valence electrons. The number of amides is 1. The van der Waals surface area contributed by atoms with Gasteiger partial charge in [-0.1, -0.05) is 6.07 Å². The molecule has 1 aliphatic rings. The predicted molar refractivity (Wildman–Crippen MR) is 133 cm³/mol. The molecular formula is C26H24N4OS. The Balaban J connectivity index is 1.38. The summed E-state index contributed by atoms with van der Waals surface area (Å²) in [6.45, 7) is 3.11. The smallest absolute Gasteiger partial charge is 0.255 e. The highest BCUT2D eigenvalue weighted by Gasteiger charge is 2.14. The first-order valence-corrected chi connectivity index (χ1v) is 11.8. The maximum absolute atomic E-state index is 12.9. The largest absolute Gasteiger partial charge is 0.322 e. The van der Waals surface area contributed by atoms with Crippen LogP contribution in [0.25, 0.3) is 22.2 Å². The number of aromatic nitrogens is 2. The lowest BCUT2D eigenvalue weighted by atomic mass is 10.0. The van der Waals surface area contributed by atoms with Crippen LogP contribution in [0, 0.1) is 6.92 Å². The molecule has 0 unspecified atom stereocenters. The normalized spacial score (nSPS) is 13.8. The fourth-order valence-corrected chi connectivity index (χ4v) is 5.04. The molecule has 5 rings (SSSR count). The van der Waals surface area contributed by atoms with E-state index in [1.165, 1.54) is 12.8 Å². The van der Waals surface area contributed by atoms with Crippen LogP contribution in [0.1, 0.15) is 28.8 Å². The van der Waals surface area contributed by atoms with Gasteiger partial charge < -0.3 is 9.62 Å². The Labute approximate surface area is 192 Å². The van der Waals surface area contributed by atoms with Gasteiger partial charge in [0.1, 0.15) is 0 Å². The zero-order valence-electron chi connectivity index (χ0n) is 17.9. The summed E-state index contributed by atoms with van der Waals surface area (Å²) in [6, 6.07) is 19.6. The van der Waals surface area contributed by atoms with Crippen LogP contribution in [0.5, 0.6) is 0 Å². The first-order chi connectivity index (χ1) is 15.7. The van der Waals surface area contributed by atoms with Gasteiger partial charge in [0, 0.05) is 52.6 Å². The summed E-state index contributed by atoms with van der Waals surface area (Å²) >= 11 is 1.86. The van der Waals surface area contributed by atoms with E-state index >= 15 is 0 Å². The minimum atomic E-state index is -0.120. The number of carbonyl (C=O) groups excluding carboxylic acids is 1. The van der Waals surface area contributed by atoms with Crippen molar-refractivity contribution in [3.05, 3.63) is 84.2 Å². The van der Waals surface area contributed by atoms with Crippen molar-refractivity contribution in [2.75, 3.05) is 21.9 Å². The molecule has 1 N–H and O–H groups in total. The second-order valence-electron chi connectivity index (χ2n) is 7.90. The van der Waals surface area contributed by atoms with Crippen LogP contribution in [0.3, 0.4) is 0 Å². The summed E-state index contributed by atoms with van der Waals surface area (Å²) in [5.74, 6) is 1.03. The molecule has 0 atom stereocenters. The molecule has 0 bridgehead atoms. The molecule has 1 saturated heterocycles. The van der Waals surface area contributed by atoms with Crippen LogP contribution in [-0.2, 0) is 0 Å². The van der Waals surface area contributed by atoms with Crippen molar-refractivity contribution in [2.45, 2.75) is 19.8 Å². The molecule has 6 heteroatoms. The number of carbonyl (C=O) groups is 1. The number of fused-ring (bicyclic) bond motifs is 1. The number of aryl methyl sites for hydroxylation is 1. The molecule has 5 nitrogen and oxygen atoms in total. The second-order valence-corrected chi connectivity index (χ2v) is 9.01. The Morgan fingerprint density at radius 2 is 1.88 bits per heavy atom. The summed E-state index contributed by atoms with van der Waals surface area (Å²) in [6.07, 6.45) is 6.04. The van der Waals surface area contributed by atoms with Gasteiger partial charge in [0.15, 0.2) is 0 Å². The number of rotatable bonds is 4. The van der Waals surface area contributed by atoms with Gasteiger partial charge in [0.25, 0.3) is 5.91 Å². The fourth-order valence-electron chi connectivity index (χ4n) is 3.95. The molecule has 32 heavy (non-hydrogen) atoms. The zero-order chi connectivity index (χ0) is 21.9. The summed E-state index contributed by atoms with van der Waals surface area (Å²) < 4.78 is 2.31. The monoisotopic (exact) mass is 440 g/mol. The van der Waals surface area contributed by atoms with E-state index in [0.29, 0.717) is 5.56 Å². The third kappa shape index (κ3) is 4.18. The molecule has 2 aromatic carbocycles. The predicted octanol–water partition coefficient (Wildman–Crippen LogP) is 6.11. The number of pyridine rings is 2. The minimum absolute atomic E-state index is 0.120. The van der Waals surface area contributed by atoms with Crippen LogP contribution < -0.4 is 9.62 Å². The van der Waals surface area contributed by atoms with Crippen molar-refractivity contribution < 1.29 is 4.79 Å². The number of hydrogen-bond donors (Lipinski definition) is 1. The van der Waals surface area contributed by atoms with Crippen molar-refractivity contribution in [3.63, 3.8) is 0 Å². The molecule has 1 fully saturated rings. The van der Waals surface area contributed by atoms with Gasteiger partial charge in [-0.25, -0.2) is 0 Å². The van der Waals surface area contributed by atoms with Crippen LogP contribution in [-0.4, -0.2) is 28.2 Å². The SMILES string of the molecule is Cc1ccc(NC(=O)c2ccc(N3CCCCS3)cc2)cc1-c1nccc2ncccc12. The van der Waals surface area contributed by atoms with E-state index < -0.39 is 0 Å². The lowest BCUT2D eigenvalue weighted by molar-refractivity contribution is 0.102. The number of benzene rings is 2. The Morgan fingerprint density at radius 3 is 2.69 bits per heavy atom. The lowest BCUT2D eigenvalue weighted by Crippen LogP contribution is -2.21. The lowest BCUT2D eigenvalue weighted by Gasteiger charge is -2.27. The molecule has 1 aliphatic heterocycles. The molecule has 0 spiro atoms. The van der Waals surface area contributed by atoms with Crippen LogP contribution in [0.15, 0.2) is 73.1 Å². The highest BCUT2D eigenvalue weighted by molar-refractivity contribution is 8.00. The summed E-state index contributed by atoms with van der Waals surface area (Å²) in [4.78, 5) is 21.9. The summed E-state index contributed by atoms with van der Waals surface area (Å²) in [5.41, 5.74) is 6.39. The minimum Gasteiger partial charge on any atom is -0.322 e. The van der Waals surface area contributed by atoms with Crippen LogP contribution in [0.4, 0.5) is 11.4 Å². The van der Waals surface area contributed by atoms with Gasteiger partial charge in [0.05, 0.1) is 11.2 Å². The maximum atomic E-state index is 12.9. The third-order valence-electron chi connectivity index (χ3n) is 5.70. The zero-order valence-corrected chi connectivity index (χ0v) is 18.7. The van der Waals surface area contributed by atoms with E-state index in [0.717, 1.165) is 51.4 Å². The number of nitrogens with one attached hydrogen (secondary N) is 1. The molecule has 4 aromatic rings. The molecule has 2 aromatic heterocycles. The molecule has 3 heterocycles.